The lowest BCUT2D eigenvalue weighted by Crippen LogP contribution is -1.87. The van der Waals surface area contributed by atoms with E-state index in [0.29, 0.717) is 23.2 Å². The van der Waals surface area contributed by atoms with E-state index in [-0.39, 0.29) is 6.61 Å². The molecule has 2 aromatic heterocycles. The second-order valence-electron chi connectivity index (χ2n) is 2.77. The number of nitrogens with zero attached hydrogens (tertiary/aromatic N) is 2. The Labute approximate surface area is 95.3 Å². The second kappa shape index (κ2) is 5.29. The summed E-state index contributed by atoms with van der Waals surface area (Å²) in [5.41, 5.74) is 0. The van der Waals surface area contributed by atoms with E-state index in [1.165, 1.54) is 0 Å². The maximum absolute atomic E-state index is 8.61. The molecule has 0 aromatic carbocycles. The van der Waals surface area contributed by atoms with Gasteiger partial charge in [-0.05, 0) is 11.4 Å². The molecule has 0 aliphatic rings. The van der Waals surface area contributed by atoms with Crippen molar-refractivity contribution in [2.45, 2.75) is 5.75 Å². The summed E-state index contributed by atoms with van der Waals surface area (Å²) in [5, 5.41) is 14.5. The summed E-state index contributed by atoms with van der Waals surface area (Å²) >= 11 is 3.16. The predicted octanol–water partition coefficient (Wildman–Crippen LogP) is 2.02. The summed E-state index contributed by atoms with van der Waals surface area (Å²) in [6, 6.07) is 3.91. The quantitative estimate of drug-likeness (QED) is 0.813. The van der Waals surface area contributed by atoms with Crippen LogP contribution in [0.4, 0.5) is 0 Å². The molecule has 2 aromatic rings. The van der Waals surface area contributed by atoms with Gasteiger partial charge in [-0.1, -0.05) is 11.2 Å². The molecule has 80 valence electrons. The molecule has 0 spiro atoms. The van der Waals surface area contributed by atoms with Crippen LogP contribution in [0, 0.1) is 0 Å². The van der Waals surface area contributed by atoms with Crippen LogP contribution in [0.15, 0.2) is 22.0 Å². The van der Waals surface area contributed by atoms with Gasteiger partial charge in [0.25, 0.3) is 0 Å². The normalized spacial score (nSPS) is 10.7. The van der Waals surface area contributed by atoms with Gasteiger partial charge in [-0.3, -0.25) is 0 Å². The van der Waals surface area contributed by atoms with Crippen molar-refractivity contribution in [1.29, 1.82) is 0 Å². The van der Waals surface area contributed by atoms with Crippen LogP contribution in [0.2, 0.25) is 0 Å². The highest BCUT2D eigenvalue weighted by Gasteiger charge is 2.08. The lowest BCUT2D eigenvalue weighted by atomic mass is 10.4. The molecule has 0 bridgehead atoms. The average Bonchev–Trinajstić information content (AvgIpc) is 2.87. The highest BCUT2D eigenvalue weighted by Crippen LogP contribution is 2.22. The van der Waals surface area contributed by atoms with E-state index in [2.05, 4.69) is 10.1 Å². The maximum atomic E-state index is 8.61. The Kier molecular flexibility index (Phi) is 3.76. The molecule has 2 rings (SSSR count). The van der Waals surface area contributed by atoms with Gasteiger partial charge < -0.3 is 9.63 Å². The summed E-state index contributed by atoms with van der Waals surface area (Å²) < 4.78 is 5.08. The fraction of sp³-hybridized carbons (Fsp3) is 0.333. The van der Waals surface area contributed by atoms with Crippen molar-refractivity contribution in [3.63, 3.8) is 0 Å². The van der Waals surface area contributed by atoms with E-state index in [1.807, 2.05) is 17.5 Å². The van der Waals surface area contributed by atoms with Crippen LogP contribution >= 0.6 is 23.1 Å². The molecule has 0 aliphatic carbocycles. The highest BCUT2D eigenvalue weighted by atomic mass is 32.2. The Morgan fingerprint density at radius 1 is 1.53 bits per heavy atom. The first kappa shape index (κ1) is 10.7. The first-order chi connectivity index (χ1) is 7.40. The number of hydrogen-bond acceptors (Lipinski definition) is 6. The van der Waals surface area contributed by atoms with Crippen molar-refractivity contribution in [2.75, 3.05) is 12.4 Å². The number of aliphatic hydroxyl groups excluding tert-OH is 1. The van der Waals surface area contributed by atoms with Crippen molar-refractivity contribution in [3.05, 3.63) is 23.4 Å². The van der Waals surface area contributed by atoms with Crippen LogP contribution in [-0.4, -0.2) is 27.6 Å². The van der Waals surface area contributed by atoms with E-state index >= 15 is 0 Å². The van der Waals surface area contributed by atoms with E-state index in [1.54, 1.807) is 23.1 Å². The minimum atomic E-state index is 0.177. The fourth-order valence-electron chi connectivity index (χ4n) is 1.04. The van der Waals surface area contributed by atoms with Crippen molar-refractivity contribution < 1.29 is 9.63 Å². The molecule has 1 N–H and O–H groups in total. The van der Waals surface area contributed by atoms with Gasteiger partial charge in [-0.2, -0.15) is 4.98 Å². The Morgan fingerprint density at radius 2 is 2.47 bits per heavy atom. The Hall–Kier alpha value is -0.850. The standard InChI is InChI=1S/C9H10N2O2S2/c12-3-5-14-6-8-10-9(11-13-8)7-2-1-4-15-7/h1-2,4,12H,3,5-6H2. The topological polar surface area (TPSA) is 59.2 Å². The van der Waals surface area contributed by atoms with E-state index < -0.39 is 0 Å². The molecule has 6 heteroatoms. The summed E-state index contributed by atoms with van der Waals surface area (Å²) in [7, 11) is 0. The number of rotatable bonds is 5. The monoisotopic (exact) mass is 242 g/mol. The van der Waals surface area contributed by atoms with Crippen molar-refractivity contribution in [2.24, 2.45) is 0 Å². The summed E-state index contributed by atoms with van der Waals surface area (Å²) in [6.45, 7) is 0.177. The molecule has 0 aliphatic heterocycles. The number of aliphatic hydroxyl groups is 1. The fourth-order valence-corrected chi connectivity index (χ4v) is 2.26. The van der Waals surface area contributed by atoms with Crippen LogP contribution in [-0.2, 0) is 5.75 Å². The van der Waals surface area contributed by atoms with Gasteiger partial charge in [0.2, 0.25) is 11.7 Å². The van der Waals surface area contributed by atoms with Gasteiger partial charge in [-0.25, -0.2) is 0 Å². The lowest BCUT2D eigenvalue weighted by Gasteiger charge is -1.91. The molecule has 4 nitrogen and oxygen atoms in total. The predicted molar refractivity (Wildman–Crippen MR) is 60.9 cm³/mol. The van der Waals surface area contributed by atoms with Crippen LogP contribution < -0.4 is 0 Å². The van der Waals surface area contributed by atoms with Gasteiger partial charge in [-0.15, -0.1) is 23.1 Å². The Bertz CT molecular complexity index is 400. The molecule has 0 radical (unpaired) electrons. The number of thioether (sulfide) groups is 1. The molecule has 0 atom stereocenters. The van der Waals surface area contributed by atoms with Crippen LogP contribution in [0.25, 0.3) is 10.7 Å². The molecule has 15 heavy (non-hydrogen) atoms. The van der Waals surface area contributed by atoms with E-state index in [9.17, 15) is 0 Å². The average molecular weight is 242 g/mol. The van der Waals surface area contributed by atoms with Gasteiger partial charge in [0.15, 0.2) is 0 Å². The number of hydrogen-bond donors (Lipinski definition) is 1. The molecule has 0 saturated heterocycles. The molecular formula is C9H10N2O2S2. The SMILES string of the molecule is OCCSCc1nc(-c2cccs2)no1. The van der Waals surface area contributed by atoms with Crippen LogP contribution in [0.5, 0.6) is 0 Å². The van der Waals surface area contributed by atoms with Crippen LogP contribution in [0.3, 0.4) is 0 Å². The second-order valence-corrected chi connectivity index (χ2v) is 4.82. The third-order valence-corrected chi connectivity index (χ3v) is 3.46. The lowest BCUT2D eigenvalue weighted by molar-refractivity contribution is 0.322. The van der Waals surface area contributed by atoms with E-state index in [4.69, 9.17) is 9.63 Å². The smallest absolute Gasteiger partial charge is 0.236 e. The molecule has 0 amide bonds. The zero-order chi connectivity index (χ0) is 10.5. The zero-order valence-electron chi connectivity index (χ0n) is 7.92. The number of thiophene rings is 1. The molecule has 0 saturated carbocycles. The largest absolute Gasteiger partial charge is 0.396 e. The highest BCUT2D eigenvalue weighted by molar-refractivity contribution is 7.98. The van der Waals surface area contributed by atoms with Gasteiger partial charge in [0, 0.05) is 5.75 Å². The first-order valence-electron chi connectivity index (χ1n) is 4.45. The number of aromatic nitrogens is 2. The minimum absolute atomic E-state index is 0.177. The third-order valence-electron chi connectivity index (χ3n) is 1.67. The molecule has 0 unspecified atom stereocenters. The zero-order valence-corrected chi connectivity index (χ0v) is 9.55. The molecular weight excluding hydrogens is 232 g/mol. The summed E-state index contributed by atoms with van der Waals surface area (Å²) in [5.74, 6) is 2.59. The van der Waals surface area contributed by atoms with E-state index in [0.717, 1.165) is 4.88 Å². The van der Waals surface area contributed by atoms with Crippen molar-refractivity contribution >= 4 is 23.1 Å². The van der Waals surface area contributed by atoms with Gasteiger partial charge in [0.1, 0.15) is 0 Å². The summed E-state index contributed by atoms with van der Waals surface area (Å²) in [4.78, 5) is 5.27. The van der Waals surface area contributed by atoms with Crippen molar-refractivity contribution in [1.82, 2.24) is 10.1 Å². The molecule has 0 fully saturated rings. The Morgan fingerprint density at radius 3 is 3.20 bits per heavy atom. The Balaban J connectivity index is 1.98. The minimum Gasteiger partial charge on any atom is -0.396 e. The van der Waals surface area contributed by atoms with Crippen LogP contribution in [0.1, 0.15) is 5.89 Å². The maximum Gasteiger partial charge on any atom is 0.236 e. The van der Waals surface area contributed by atoms with Gasteiger partial charge >= 0.3 is 0 Å². The van der Waals surface area contributed by atoms with Crippen molar-refractivity contribution in [3.8, 4) is 10.7 Å². The third kappa shape index (κ3) is 2.80. The first-order valence-corrected chi connectivity index (χ1v) is 6.48. The molecule has 2 heterocycles. The van der Waals surface area contributed by atoms with Gasteiger partial charge in [0.05, 0.1) is 17.2 Å². The summed E-state index contributed by atoms with van der Waals surface area (Å²) in [6.07, 6.45) is 0.